The number of carbonyl (C=O) groups is 1. The molecule has 16 heavy (non-hydrogen) atoms. The van der Waals surface area contributed by atoms with Gasteiger partial charge in [0.2, 0.25) is 0 Å². The fourth-order valence-corrected chi connectivity index (χ4v) is 1.19. The number of hydrogen-bond donors (Lipinski definition) is 1. The van der Waals surface area contributed by atoms with Crippen LogP contribution in [0.4, 0.5) is 0 Å². The molecule has 0 amide bonds. The molecule has 0 aliphatic rings. The fraction of sp³-hybridized carbons (Fsp3) is 0.917. The van der Waals surface area contributed by atoms with E-state index < -0.39 is 0 Å². The van der Waals surface area contributed by atoms with Crippen LogP contribution in [0.1, 0.15) is 34.1 Å². The summed E-state index contributed by atoms with van der Waals surface area (Å²) in [4.78, 5) is 11.4. The molecule has 0 aromatic carbocycles. The molecule has 2 unspecified atom stereocenters. The van der Waals surface area contributed by atoms with E-state index in [2.05, 4.69) is 19.2 Å². The minimum absolute atomic E-state index is 0.203. The molecule has 0 fully saturated rings. The summed E-state index contributed by atoms with van der Waals surface area (Å²) >= 11 is 0. The van der Waals surface area contributed by atoms with Crippen LogP contribution in [0.25, 0.3) is 0 Å². The minimum atomic E-state index is -0.265. The summed E-state index contributed by atoms with van der Waals surface area (Å²) in [6.07, 6.45) is 0.867. The molecule has 1 N–H and O–H groups in total. The Balaban J connectivity index is 3.83. The van der Waals surface area contributed by atoms with Gasteiger partial charge in [-0.3, -0.25) is 4.79 Å². The van der Waals surface area contributed by atoms with Crippen molar-refractivity contribution in [3.63, 3.8) is 0 Å². The monoisotopic (exact) mass is 231 g/mol. The van der Waals surface area contributed by atoms with Gasteiger partial charge in [0, 0.05) is 6.61 Å². The summed E-state index contributed by atoms with van der Waals surface area (Å²) in [5.74, 6) is 0.293. The van der Waals surface area contributed by atoms with Crippen molar-refractivity contribution < 1.29 is 14.3 Å². The summed E-state index contributed by atoms with van der Waals surface area (Å²) in [5, 5.41) is 2.94. The Hall–Kier alpha value is -0.610. The second kappa shape index (κ2) is 8.53. The number of likely N-dealkylation sites (N-methyl/N-ethyl adjacent to an activating group) is 1. The van der Waals surface area contributed by atoms with Crippen molar-refractivity contribution in [1.82, 2.24) is 5.32 Å². The van der Waals surface area contributed by atoms with Gasteiger partial charge in [0.15, 0.2) is 0 Å². The third-order valence-electron chi connectivity index (χ3n) is 2.65. The van der Waals surface area contributed by atoms with Crippen LogP contribution in [0, 0.1) is 5.92 Å². The van der Waals surface area contributed by atoms with Gasteiger partial charge in [0.1, 0.15) is 6.04 Å². The number of hydrogen-bond acceptors (Lipinski definition) is 4. The molecule has 96 valence electrons. The highest BCUT2D eigenvalue weighted by Crippen LogP contribution is 2.06. The molecule has 4 heteroatoms. The van der Waals surface area contributed by atoms with E-state index >= 15 is 0 Å². The van der Waals surface area contributed by atoms with E-state index in [9.17, 15) is 4.79 Å². The average Bonchev–Trinajstić information content (AvgIpc) is 2.24. The summed E-state index contributed by atoms with van der Waals surface area (Å²) in [7, 11) is 1.76. The van der Waals surface area contributed by atoms with Crippen LogP contribution >= 0.6 is 0 Å². The number of nitrogens with one attached hydrogen (secondary N) is 1. The van der Waals surface area contributed by atoms with E-state index in [4.69, 9.17) is 9.47 Å². The highest BCUT2D eigenvalue weighted by molar-refractivity contribution is 5.75. The Morgan fingerprint density at radius 3 is 2.38 bits per heavy atom. The van der Waals surface area contributed by atoms with Gasteiger partial charge in [0.25, 0.3) is 0 Å². The molecule has 2 atom stereocenters. The maximum atomic E-state index is 11.4. The van der Waals surface area contributed by atoms with Crippen molar-refractivity contribution in [3.05, 3.63) is 0 Å². The van der Waals surface area contributed by atoms with Gasteiger partial charge in [0.05, 0.1) is 12.7 Å². The van der Waals surface area contributed by atoms with Gasteiger partial charge in [-0.05, 0) is 33.2 Å². The van der Waals surface area contributed by atoms with E-state index in [0.29, 0.717) is 25.6 Å². The Labute approximate surface area is 98.7 Å². The summed E-state index contributed by atoms with van der Waals surface area (Å²) in [6, 6.07) is -0.265. The van der Waals surface area contributed by atoms with Crippen molar-refractivity contribution >= 4 is 5.97 Å². The molecule has 0 aliphatic heterocycles. The molecule has 0 saturated carbocycles. The molecule has 0 rings (SSSR count). The molecule has 0 bridgehead atoms. The van der Waals surface area contributed by atoms with E-state index in [-0.39, 0.29) is 18.1 Å². The second-order valence-corrected chi connectivity index (χ2v) is 4.20. The van der Waals surface area contributed by atoms with Crippen molar-refractivity contribution in [3.8, 4) is 0 Å². The molecule has 0 aromatic heterocycles. The zero-order valence-corrected chi connectivity index (χ0v) is 11.1. The molecule has 0 heterocycles. The van der Waals surface area contributed by atoms with Gasteiger partial charge in [-0.25, -0.2) is 0 Å². The van der Waals surface area contributed by atoms with Crippen LogP contribution in [0.3, 0.4) is 0 Å². The maximum Gasteiger partial charge on any atom is 0.323 e. The summed E-state index contributed by atoms with van der Waals surface area (Å²) in [5.41, 5.74) is 0. The number of carbonyl (C=O) groups excluding carboxylic acids is 1. The van der Waals surface area contributed by atoms with E-state index in [1.54, 1.807) is 7.05 Å². The average molecular weight is 231 g/mol. The predicted molar refractivity (Wildman–Crippen MR) is 64.3 cm³/mol. The van der Waals surface area contributed by atoms with E-state index in [1.165, 1.54) is 0 Å². The zero-order valence-electron chi connectivity index (χ0n) is 11.1. The van der Waals surface area contributed by atoms with Crippen LogP contribution in [0.15, 0.2) is 0 Å². The van der Waals surface area contributed by atoms with Crippen molar-refractivity contribution in [1.29, 1.82) is 0 Å². The predicted octanol–water partition coefficient (Wildman–Crippen LogP) is 1.59. The van der Waals surface area contributed by atoms with Gasteiger partial charge in [-0.2, -0.15) is 0 Å². The van der Waals surface area contributed by atoms with Crippen LogP contribution in [-0.2, 0) is 14.3 Å². The van der Waals surface area contributed by atoms with Crippen molar-refractivity contribution in [2.75, 3.05) is 20.3 Å². The lowest BCUT2D eigenvalue weighted by molar-refractivity contribution is -0.146. The van der Waals surface area contributed by atoms with Gasteiger partial charge in [-0.1, -0.05) is 13.8 Å². The van der Waals surface area contributed by atoms with E-state index in [0.717, 1.165) is 0 Å². The number of rotatable bonds is 8. The van der Waals surface area contributed by atoms with Gasteiger partial charge in [-0.15, -0.1) is 0 Å². The first-order valence-corrected chi connectivity index (χ1v) is 5.98. The quantitative estimate of drug-likeness (QED) is 0.644. The highest BCUT2D eigenvalue weighted by atomic mass is 16.5. The van der Waals surface area contributed by atoms with Crippen molar-refractivity contribution in [2.45, 2.75) is 46.3 Å². The van der Waals surface area contributed by atoms with Crippen LogP contribution in [0.2, 0.25) is 0 Å². The van der Waals surface area contributed by atoms with Gasteiger partial charge >= 0.3 is 5.97 Å². The van der Waals surface area contributed by atoms with Gasteiger partial charge < -0.3 is 14.8 Å². The van der Waals surface area contributed by atoms with Crippen LogP contribution in [-0.4, -0.2) is 38.4 Å². The molecule has 0 radical (unpaired) electrons. The molecule has 4 nitrogen and oxygen atoms in total. The smallest absolute Gasteiger partial charge is 0.323 e. The summed E-state index contributed by atoms with van der Waals surface area (Å²) < 4.78 is 10.6. The first-order chi connectivity index (χ1) is 7.52. The minimum Gasteiger partial charge on any atom is -0.465 e. The standard InChI is InChI=1S/C12H25NO3/c1-6-15-12(14)11(13-5)7-8-16-10(4)9(2)3/h9-11,13H,6-8H2,1-5H3. The highest BCUT2D eigenvalue weighted by Gasteiger charge is 2.17. The largest absolute Gasteiger partial charge is 0.465 e. The Bertz CT molecular complexity index is 195. The lowest BCUT2D eigenvalue weighted by atomic mass is 10.1. The lowest BCUT2D eigenvalue weighted by Crippen LogP contribution is -2.37. The molecule has 0 spiro atoms. The fourth-order valence-electron chi connectivity index (χ4n) is 1.19. The Morgan fingerprint density at radius 1 is 1.31 bits per heavy atom. The second-order valence-electron chi connectivity index (χ2n) is 4.20. The molecule has 0 aliphatic carbocycles. The number of ether oxygens (including phenoxy) is 2. The molecule has 0 saturated heterocycles. The maximum absolute atomic E-state index is 11.4. The molecular formula is C12H25NO3. The number of esters is 1. The topological polar surface area (TPSA) is 47.6 Å². The normalized spacial score (nSPS) is 14.9. The van der Waals surface area contributed by atoms with Crippen LogP contribution in [0.5, 0.6) is 0 Å². The SMILES string of the molecule is CCOC(=O)C(CCOC(C)C(C)C)NC. The lowest BCUT2D eigenvalue weighted by Gasteiger charge is -2.19. The Morgan fingerprint density at radius 2 is 1.94 bits per heavy atom. The molecule has 0 aromatic rings. The third-order valence-corrected chi connectivity index (χ3v) is 2.65. The van der Waals surface area contributed by atoms with E-state index in [1.807, 2.05) is 13.8 Å². The Kier molecular flexibility index (Phi) is 8.21. The zero-order chi connectivity index (χ0) is 12.6. The van der Waals surface area contributed by atoms with Crippen LogP contribution < -0.4 is 5.32 Å². The summed E-state index contributed by atoms with van der Waals surface area (Å²) in [6.45, 7) is 9.08. The molecular weight excluding hydrogens is 206 g/mol. The first-order valence-electron chi connectivity index (χ1n) is 5.98. The third kappa shape index (κ3) is 6.08. The van der Waals surface area contributed by atoms with Crippen molar-refractivity contribution in [2.24, 2.45) is 5.92 Å². The first kappa shape index (κ1) is 15.4.